The number of aryl methyl sites for hydroxylation is 1. The fourth-order valence-electron chi connectivity index (χ4n) is 3.40. The smallest absolute Gasteiger partial charge is 0.433 e. The van der Waals surface area contributed by atoms with Gasteiger partial charge in [-0.25, -0.2) is 9.78 Å². The highest BCUT2D eigenvalue weighted by Gasteiger charge is 2.33. The molecule has 0 unspecified atom stereocenters. The molecule has 0 fully saturated rings. The Hall–Kier alpha value is -4.41. The van der Waals surface area contributed by atoms with Crippen LogP contribution in [0.25, 0.3) is 11.0 Å². The zero-order valence-corrected chi connectivity index (χ0v) is 18.7. The van der Waals surface area contributed by atoms with Crippen LogP contribution >= 0.6 is 0 Å². The predicted octanol–water partition coefficient (Wildman–Crippen LogP) is 4.94. The number of carbonyl (C=O) groups is 2. The number of rotatable bonds is 6. The number of carbonyl (C=O) groups excluding carboxylic acids is 2. The summed E-state index contributed by atoms with van der Waals surface area (Å²) in [6.45, 7) is 2.29. The van der Waals surface area contributed by atoms with Crippen LogP contribution in [0.5, 0.6) is 0 Å². The molecule has 4 aromatic rings. The molecule has 11 heteroatoms. The molecule has 0 aliphatic carbocycles. The van der Waals surface area contributed by atoms with Gasteiger partial charge in [-0.15, -0.1) is 0 Å². The molecule has 0 spiro atoms. The number of hydrogen-bond donors (Lipinski definition) is 3. The number of methoxy groups -OCH3 is 1. The summed E-state index contributed by atoms with van der Waals surface area (Å²) in [5.41, 5.74) is 2.50. The number of esters is 1. The number of nitrogens with zero attached hydrogens (tertiary/aromatic N) is 2. The molecule has 0 saturated carbocycles. The first-order valence-electron chi connectivity index (χ1n) is 10.4. The number of anilines is 2. The fourth-order valence-corrected chi connectivity index (χ4v) is 3.40. The number of hydrogen-bond acceptors (Lipinski definition) is 6. The molecule has 0 saturated heterocycles. The van der Waals surface area contributed by atoms with Gasteiger partial charge >= 0.3 is 12.1 Å². The van der Waals surface area contributed by atoms with E-state index in [0.29, 0.717) is 35.3 Å². The van der Waals surface area contributed by atoms with E-state index in [0.717, 1.165) is 22.7 Å². The van der Waals surface area contributed by atoms with Crippen LogP contribution in [-0.2, 0) is 17.5 Å². The summed E-state index contributed by atoms with van der Waals surface area (Å²) in [7, 11) is 1.30. The number of halogens is 3. The van der Waals surface area contributed by atoms with Gasteiger partial charge in [-0.2, -0.15) is 13.2 Å². The highest BCUT2D eigenvalue weighted by atomic mass is 19.4. The number of ether oxygens (including phenoxy) is 1. The Balaban J connectivity index is 1.47. The maximum Gasteiger partial charge on any atom is 0.433 e. The Morgan fingerprint density at radius 2 is 1.86 bits per heavy atom. The Bertz CT molecular complexity index is 1420. The van der Waals surface area contributed by atoms with Crippen molar-refractivity contribution in [3.05, 3.63) is 82.9 Å². The van der Waals surface area contributed by atoms with Crippen LogP contribution in [0.1, 0.15) is 37.7 Å². The maximum atomic E-state index is 12.9. The summed E-state index contributed by atoms with van der Waals surface area (Å²) in [6, 6.07) is 10.6. The Labute approximate surface area is 197 Å². The van der Waals surface area contributed by atoms with Crippen molar-refractivity contribution in [1.82, 2.24) is 15.0 Å². The molecule has 180 valence electrons. The van der Waals surface area contributed by atoms with Gasteiger partial charge in [0.15, 0.2) is 0 Å². The number of benzene rings is 1. The standard InChI is InChI=1S/C24H20F3N5O3/c1-13-3-4-17(31-22(33)14-5-6-28-20(10-14)24(25,26)27)8-16(13)11-29-18-7-15-9-19(23(34)35-2)32-21(15)30-12-18/h3-10,12,29H,11H2,1-2H3,(H,30,32)(H,31,33). The molecule has 0 aliphatic heterocycles. The third kappa shape index (κ3) is 5.40. The Morgan fingerprint density at radius 3 is 2.60 bits per heavy atom. The molecule has 3 heterocycles. The van der Waals surface area contributed by atoms with Gasteiger partial charge in [0.1, 0.15) is 17.0 Å². The summed E-state index contributed by atoms with van der Waals surface area (Å²) in [5, 5.41) is 6.59. The lowest BCUT2D eigenvalue weighted by atomic mass is 10.1. The maximum absolute atomic E-state index is 12.9. The van der Waals surface area contributed by atoms with E-state index in [1.54, 1.807) is 30.5 Å². The van der Waals surface area contributed by atoms with Gasteiger partial charge in [0.05, 0.1) is 19.0 Å². The zero-order valence-electron chi connectivity index (χ0n) is 18.7. The van der Waals surface area contributed by atoms with Crippen molar-refractivity contribution in [3.8, 4) is 0 Å². The summed E-state index contributed by atoms with van der Waals surface area (Å²) in [5.74, 6) is -1.17. The summed E-state index contributed by atoms with van der Waals surface area (Å²) >= 11 is 0. The molecule has 8 nitrogen and oxygen atoms in total. The molecule has 0 aliphatic rings. The van der Waals surface area contributed by atoms with Crippen LogP contribution in [0.2, 0.25) is 0 Å². The van der Waals surface area contributed by atoms with Gasteiger partial charge in [0, 0.05) is 29.4 Å². The third-order valence-corrected chi connectivity index (χ3v) is 5.28. The number of aromatic amines is 1. The average molecular weight is 483 g/mol. The van der Waals surface area contributed by atoms with Crippen LogP contribution in [0.3, 0.4) is 0 Å². The molecule has 3 N–H and O–H groups in total. The minimum Gasteiger partial charge on any atom is -0.464 e. The minimum atomic E-state index is -4.64. The SMILES string of the molecule is COC(=O)c1cc2cc(NCc3cc(NC(=O)c4ccnc(C(F)(F)F)c4)ccc3C)cnc2[nH]1. The van der Waals surface area contributed by atoms with Gasteiger partial charge in [-0.3, -0.25) is 9.78 Å². The Morgan fingerprint density at radius 1 is 1.06 bits per heavy atom. The van der Waals surface area contributed by atoms with Crippen molar-refractivity contribution in [2.75, 3.05) is 17.7 Å². The van der Waals surface area contributed by atoms with Crippen molar-refractivity contribution in [2.24, 2.45) is 0 Å². The number of alkyl halides is 3. The van der Waals surface area contributed by atoms with Crippen LogP contribution in [0, 0.1) is 6.92 Å². The summed E-state index contributed by atoms with van der Waals surface area (Å²) < 4.78 is 43.4. The van der Waals surface area contributed by atoms with Crippen LogP contribution in [0.4, 0.5) is 24.5 Å². The topological polar surface area (TPSA) is 109 Å². The minimum absolute atomic E-state index is 0.148. The Kier molecular flexibility index (Phi) is 6.41. The third-order valence-electron chi connectivity index (χ3n) is 5.28. The van der Waals surface area contributed by atoms with E-state index in [2.05, 4.69) is 25.6 Å². The highest BCUT2D eigenvalue weighted by molar-refractivity contribution is 6.04. The van der Waals surface area contributed by atoms with Gasteiger partial charge in [0.25, 0.3) is 5.91 Å². The van der Waals surface area contributed by atoms with E-state index in [1.807, 2.05) is 13.0 Å². The number of amides is 1. The molecule has 0 atom stereocenters. The highest BCUT2D eigenvalue weighted by Crippen LogP contribution is 2.28. The van der Waals surface area contributed by atoms with Crippen molar-refractivity contribution >= 4 is 34.3 Å². The first-order valence-corrected chi connectivity index (χ1v) is 10.4. The average Bonchev–Trinajstić information content (AvgIpc) is 3.27. The molecule has 3 aromatic heterocycles. The molecule has 35 heavy (non-hydrogen) atoms. The molecule has 1 aromatic carbocycles. The lowest BCUT2D eigenvalue weighted by Crippen LogP contribution is -2.15. The number of aromatic nitrogens is 3. The molecular formula is C24H20F3N5O3. The van der Waals surface area contributed by atoms with E-state index in [1.165, 1.54) is 13.2 Å². The monoisotopic (exact) mass is 483 g/mol. The van der Waals surface area contributed by atoms with E-state index in [-0.39, 0.29) is 5.56 Å². The van der Waals surface area contributed by atoms with E-state index in [9.17, 15) is 22.8 Å². The quantitative estimate of drug-likeness (QED) is 0.336. The summed E-state index contributed by atoms with van der Waals surface area (Å²) in [6.07, 6.45) is -2.08. The number of H-pyrrole nitrogens is 1. The largest absolute Gasteiger partial charge is 0.464 e. The first kappa shape index (κ1) is 23.7. The van der Waals surface area contributed by atoms with Gasteiger partial charge in [-0.1, -0.05) is 6.07 Å². The molecular weight excluding hydrogens is 463 g/mol. The van der Waals surface area contributed by atoms with Gasteiger partial charge < -0.3 is 20.4 Å². The van der Waals surface area contributed by atoms with E-state index >= 15 is 0 Å². The summed E-state index contributed by atoms with van der Waals surface area (Å²) in [4.78, 5) is 34.7. The molecule has 0 bridgehead atoms. The fraction of sp³-hybridized carbons (Fsp3) is 0.167. The molecule has 0 radical (unpaired) electrons. The predicted molar refractivity (Wildman–Crippen MR) is 123 cm³/mol. The van der Waals surface area contributed by atoms with Crippen molar-refractivity contribution in [3.63, 3.8) is 0 Å². The van der Waals surface area contributed by atoms with E-state index in [4.69, 9.17) is 4.74 Å². The van der Waals surface area contributed by atoms with Crippen LogP contribution < -0.4 is 10.6 Å². The van der Waals surface area contributed by atoms with Crippen molar-refractivity contribution in [2.45, 2.75) is 19.6 Å². The number of nitrogens with one attached hydrogen (secondary N) is 3. The van der Waals surface area contributed by atoms with Crippen molar-refractivity contribution < 1.29 is 27.5 Å². The second kappa shape index (κ2) is 9.45. The lowest BCUT2D eigenvalue weighted by molar-refractivity contribution is -0.141. The zero-order chi connectivity index (χ0) is 25.2. The molecule has 4 rings (SSSR count). The second-order valence-corrected chi connectivity index (χ2v) is 7.71. The lowest BCUT2D eigenvalue weighted by Gasteiger charge is -2.12. The van der Waals surface area contributed by atoms with E-state index < -0.39 is 23.7 Å². The first-order chi connectivity index (χ1) is 16.6. The second-order valence-electron chi connectivity index (χ2n) is 7.71. The number of pyridine rings is 2. The number of fused-ring (bicyclic) bond motifs is 1. The molecule has 1 amide bonds. The van der Waals surface area contributed by atoms with Gasteiger partial charge in [-0.05, 0) is 54.4 Å². The van der Waals surface area contributed by atoms with Gasteiger partial charge in [0.2, 0.25) is 0 Å². The van der Waals surface area contributed by atoms with Crippen LogP contribution in [-0.4, -0.2) is 33.9 Å². The van der Waals surface area contributed by atoms with Crippen molar-refractivity contribution in [1.29, 1.82) is 0 Å². The normalized spacial score (nSPS) is 11.3. The van der Waals surface area contributed by atoms with Crippen LogP contribution in [0.15, 0.2) is 54.9 Å².